The number of amides is 1. The predicted molar refractivity (Wildman–Crippen MR) is 103 cm³/mol. The van der Waals surface area contributed by atoms with Gasteiger partial charge >= 0.3 is 5.97 Å². The van der Waals surface area contributed by atoms with E-state index in [1.165, 1.54) is 0 Å². The van der Waals surface area contributed by atoms with Crippen LogP contribution in [0.2, 0.25) is 5.02 Å². The second kappa shape index (κ2) is 8.60. The third-order valence-electron chi connectivity index (χ3n) is 4.14. The van der Waals surface area contributed by atoms with E-state index in [-0.39, 0.29) is 25.4 Å². The fourth-order valence-corrected chi connectivity index (χ4v) is 2.91. The Morgan fingerprint density at radius 3 is 2.63 bits per heavy atom. The maximum atomic E-state index is 12.1. The number of para-hydroxylation sites is 1. The van der Waals surface area contributed by atoms with E-state index in [0.717, 1.165) is 16.5 Å². The zero-order valence-electron chi connectivity index (χ0n) is 14.4. The van der Waals surface area contributed by atoms with Crippen LogP contribution in [0.15, 0.2) is 54.7 Å². The molecule has 0 saturated carbocycles. The van der Waals surface area contributed by atoms with Crippen molar-refractivity contribution >= 4 is 34.4 Å². The summed E-state index contributed by atoms with van der Waals surface area (Å²) in [4.78, 5) is 26.8. The molecule has 0 aliphatic carbocycles. The van der Waals surface area contributed by atoms with Crippen LogP contribution in [0.5, 0.6) is 5.75 Å². The number of H-pyrrole nitrogens is 1. The lowest BCUT2D eigenvalue weighted by atomic mass is 10.0. The Bertz CT molecular complexity index is 937. The first-order valence-electron chi connectivity index (χ1n) is 8.48. The van der Waals surface area contributed by atoms with Crippen molar-refractivity contribution in [2.75, 3.05) is 6.61 Å². The van der Waals surface area contributed by atoms with E-state index < -0.39 is 12.0 Å². The number of aromatic amines is 1. The second-order valence-corrected chi connectivity index (χ2v) is 6.51. The van der Waals surface area contributed by atoms with Crippen LogP contribution < -0.4 is 10.1 Å². The van der Waals surface area contributed by atoms with Crippen LogP contribution in [-0.2, 0) is 16.0 Å². The smallest absolute Gasteiger partial charge is 0.326 e. The SMILES string of the molecule is O=C(CCOc1ccc(Cl)cc1)NC(Cc1c[nH]c2ccccc12)C(=O)O. The molecule has 7 heteroatoms. The number of benzene rings is 2. The highest BCUT2D eigenvalue weighted by Crippen LogP contribution is 2.19. The molecule has 27 heavy (non-hydrogen) atoms. The van der Waals surface area contributed by atoms with E-state index in [4.69, 9.17) is 16.3 Å². The van der Waals surface area contributed by atoms with E-state index in [2.05, 4.69) is 10.3 Å². The zero-order chi connectivity index (χ0) is 19.2. The number of carbonyl (C=O) groups is 2. The van der Waals surface area contributed by atoms with Crippen LogP contribution in [0.1, 0.15) is 12.0 Å². The van der Waals surface area contributed by atoms with Gasteiger partial charge in [0.15, 0.2) is 0 Å². The van der Waals surface area contributed by atoms with Gasteiger partial charge < -0.3 is 20.1 Å². The molecule has 0 bridgehead atoms. The van der Waals surface area contributed by atoms with E-state index >= 15 is 0 Å². The van der Waals surface area contributed by atoms with Crippen LogP contribution in [0, 0.1) is 0 Å². The molecule has 0 aliphatic heterocycles. The molecular weight excluding hydrogens is 368 g/mol. The zero-order valence-corrected chi connectivity index (χ0v) is 15.2. The van der Waals surface area contributed by atoms with Crippen LogP contribution in [-0.4, -0.2) is 34.6 Å². The van der Waals surface area contributed by atoms with Gasteiger partial charge in [0.2, 0.25) is 5.91 Å². The third-order valence-corrected chi connectivity index (χ3v) is 4.40. The number of rotatable bonds is 8. The van der Waals surface area contributed by atoms with E-state index in [9.17, 15) is 14.7 Å². The Kier molecular flexibility index (Phi) is 5.98. The van der Waals surface area contributed by atoms with Crippen molar-refractivity contribution < 1.29 is 19.4 Å². The van der Waals surface area contributed by atoms with Crippen molar-refractivity contribution in [3.63, 3.8) is 0 Å². The molecule has 3 rings (SSSR count). The quantitative estimate of drug-likeness (QED) is 0.553. The van der Waals surface area contributed by atoms with Gasteiger partial charge in [0.05, 0.1) is 13.0 Å². The summed E-state index contributed by atoms with van der Waals surface area (Å²) in [6.07, 6.45) is 2.03. The number of hydrogen-bond acceptors (Lipinski definition) is 3. The summed E-state index contributed by atoms with van der Waals surface area (Å²) < 4.78 is 5.47. The van der Waals surface area contributed by atoms with Crippen molar-refractivity contribution in [2.24, 2.45) is 0 Å². The average molecular weight is 387 g/mol. The summed E-state index contributed by atoms with van der Waals surface area (Å²) in [5, 5.41) is 13.6. The molecule has 1 atom stereocenters. The number of carboxylic acid groups (broad SMARTS) is 1. The predicted octanol–water partition coefficient (Wildman–Crippen LogP) is 3.40. The van der Waals surface area contributed by atoms with Gasteiger partial charge in [-0.1, -0.05) is 29.8 Å². The molecule has 3 aromatic rings. The fraction of sp³-hybridized carbons (Fsp3) is 0.200. The number of fused-ring (bicyclic) bond motifs is 1. The first kappa shape index (κ1) is 18.8. The molecule has 1 heterocycles. The summed E-state index contributed by atoms with van der Waals surface area (Å²) in [5.41, 5.74) is 1.77. The Balaban J connectivity index is 1.55. The summed E-state index contributed by atoms with van der Waals surface area (Å²) >= 11 is 5.80. The molecule has 0 fully saturated rings. The molecule has 1 aromatic heterocycles. The van der Waals surface area contributed by atoms with Crippen molar-refractivity contribution in [1.29, 1.82) is 0 Å². The molecule has 1 amide bonds. The van der Waals surface area contributed by atoms with E-state index in [1.807, 2.05) is 24.3 Å². The summed E-state index contributed by atoms with van der Waals surface area (Å²) in [6.45, 7) is 0.146. The third kappa shape index (κ3) is 5.01. The fourth-order valence-electron chi connectivity index (χ4n) is 2.78. The first-order valence-corrected chi connectivity index (χ1v) is 8.86. The number of carbonyl (C=O) groups excluding carboxylic acids is 1. The molecule has 140 valence electrons. The van der Waals surface area contributed by atoms with Crippen LogP contribution in [0.4, 0.5) is 0 Å². The standard InChI is InChI=1S/C20H19ClN2O4/c21-14-5-7-15(8-6-14)27-10-9-19(24)23-18(20(25)26)11-13-12-22-17-4-2-1-3-16(13)17/h1-8,12,18,22H,9-11H2,(H,23,24)(H,25,26). The first-order chi connectivity index (χ1) is 13.0. The summed E-state index contributed by atoms with van der Waals surface area (Å²) in [6, 6.07) is 13.4. The normalized spacial score (nSPS) is 11.9. The highest BCUT2D eigenvalue weighted by Gasteiger charge is 2.21. The second-order valence-electron chi connectivity index (χ2n) is 6.07. The van der Waals surface area contributed by atoms with E-state index in [1.54, 1.807) is 30.5 Å². The number of aromatic nitrogens is 1. The Morgan fingerprint density at radius 2 is 1.89 bits per heavy atom. The molecule has 0 aliphatic rings. The number of hydrogen-bond donors (Lipinski definition) is 3. The molecule has 0 saturated heterocycles. The topological polar surface area (TPSA) is 91.4 Å². The minimum atomic E-state index is -1.08. The molecule has 0 radical (unpaired) electrons. The van der Waals surface area contributed by atoms with Gasteiger partial charge in [0.1, 0.15) is 11.8 Å². The highest BCUT2D eigenvalue weighted by atomic mass is 35.5. The van der Waals surface area contributed by atoms with Crippen LogP contribution >= 0.6 is 11.6 Å². The van der Waals surface area contributed by atoms with E-state index in [0.29, 0.717) is 10.8 Å². The Labute approximate surface area is 161 Å². The van der Waals surface area contributed by atoms with Gasteiger partial charge in [-0.15, -0.1) is 0 Å². The van der Waals surface area contributed by atoms with Crippen molar-refractivity contribution in [3.8, 4) is 5.75 Å². The molecule has 3 N–H and O–H groups in total. The Morgan fingerprint density at radius 1 is 1.15 bits per heavy atom. The van der Waals surface area contributed by atoms with Crippen molar-refractivity contribution in [1.82, 2.24) is 10.3 Å². The lowest BCUT2D eigenvalue weighted by molar-refractivity contribution is -0.141. The molecule has 1 unspecified atom stereocenters. The van der Waals surface area contributed by atoms with Gasteiger partial charge in [0, 0.05) is 28.5 Å². The number of carboxylic acids is 1. The maximum Gasteiger partial charge on any atom is 0.326 e. The van der Waals surface area contributed by atoms with Crippen LogP contribution in [0.3, 0.4) is 0 Å². The summed E-state index contributed by atoms with van der Waals surface area (Å²) in [5.74, 6) is -0.857. The van der Waals surface area contributed by atoms with Crippen molar-refractivity contribution in [2.45, 2.75) is 18.9 Å². The Hall–Kier alpha value is -2.99. The molecule has 6 nitrogen and oxygen atoms in total. The molecule has 0 spiro atoms. The number of halogens is 1. The monoisotopic (exact) mass is 386 g/mol. The van der Waals surface area contributed by atoms with Gasteiger partial charge in [-0.3, -0.25) is 4.79 Å². The molecular formula is C20H19ClN2O4. The van der Waals surface area contributed by atoms with Crippen LogP contribution in [0.25, 0.3) is 10.9 Å². The number of ether oxygens (including phenoxy) is 1. The van der Waals surface area contributed by atoms with Crippen molar-refractivity contribution in [3.05, 3.63) is 65.3 Å². The minimum Gasteiger partial charge on any atom is -0.493 e. The van der Waals surface area contributed by atoms with Gasteiger partial charge in [-0.2, -0.15) is 0 Å². The van der Waals surface area contributed by atoms with Gasteiger partial charge in [-0.05, 0) is 35.9 Å². The lowest BCUT2D eigenvalue weighted by Gasteiger charge is -2.14. The maximum absolute atomic E-state index is 12.1. The van der Waals surface area contributed by atoms with Gasteiger partial charge in [-0.25, -0.2) is 4.79 Å². The minimum absolute atomic E-state index is 0.0558. The van der Waals surface area contributed by atoms with Gasteiger partial charge in [0.25, 0.3) is 0 Å². The average Bonchev–Trinajstić information content (AvgIpc) is 3.06. The number of aliphatic carboxylic acids is 1. The number of nitrogens with one attached hydrogen (secondary N) is 2. The molecule has 2 aromatic carbocycles. The highest BCUT2D eigenvalue weighted by molar-refractivity contribution is 6.30. The lowest BCUT2D eigenvalue weighted by Crippen LogP contribution is -2.42. The largest absolute Gasteiger partial charge is 0.493 e. The summed E-state index contributed by atoms with van der Waals surface area (Å²) in [7, 11) is 0.